The Morgan fingerprint density at radius 3 is 0.778 bits per heavy atom. The van der Waals surface area contributed by atoms with Crippen LogP contribution in [0, 0.1) is 0 Å². The molecule has 12 heteroatoms. The normalized spacial score (nSPS) is 11.5. The van der Waals surface area contributed by atoms with Crippen LogP contribution in [0.15, 0.2) is 0 Å². The van der Waals surface area contributed by atoms with Crippen molar-refractivity contribution in [2.75, 3.05) is 139 Å². The lowest BCUT2D eigenvalue weighted by Gasteiger charge is -2.09. The fourth-order valence-electron chi connectivity index (χ4n) is 5.29. The molecule has 0 unspecified atom stereocenters. The van der Waals surface area contributed by atoms with Crippen LogP contribution in [-0.4, -0.2) is 145 Å². The van der Waals surface area contributed by atoms with E-state index in [9.17, 15) is 4.79 Å². The largest absolute Gasteiger partial charge is 0.463 e. The molecule has 54 heavy (non-hydrogen) atoms. The third-order valence-corrected chi connectivity index (χ3v) is 8.47. The lowest BCUT2D eigenvalue weighted by molar-refractivity contribution is -0.145. The molecule has 0 aromatic heterocycles. The van der Waals surface area contributed by atoms with Crippen molar-refractivity contribution in [3.63, 3.8) is 0 Å². The van der Waals surface area contributed by atoms with Crippen molar-refractivity contribution in [2.24, 2.45) is 0 Å². The molecule has 0 atom stereocenters. The lowest BCUT2D eigenvalue weighted by atomic mass is 10.0. The maximum absolute atomic E-state index is 11.9. The molecule has 0 radical (unpaired) electrons. The van der Waals surface area contributed by atoms with Gasteiger partial charge in [-0.25, -0.2) is 0 Å². The molecule has 0 aliphatic heterocycles. The molecule has 0 fully saturated rings. The Balaban J connectivity index is 3.12. The SMILES string of the molecule is CCCCCCCCCCCCCCCC(=O)OCCOCCOCCOCCOCCOCCOCCOCCOCCOCCOCCCCCC. The van der Waals surface area contributed by atoms with Crippen LogP contribution in [0.2, 0.25) is 0 Å². The van der Waals surface area contributed by atoms with Crippen LogP contribution >= 0.6 is 0 Å². The van der Waals surface area contributed by atoms with Gasteiger partial charge in [-0.3, -0.25) is 4.79 Å². The lowest BCUT2D eigenvalue weighted by Crippen LogP contribution is -2.15. The van der Waals surface area contributed by atoms with Crippen LogP contribution in [-0.2, 0) is 56.9 Å². The Bertz CT molecular complexity index is 688. The zero-order chi connectivity index (χ0) is 38.9. The van der Waals surface area contributed by atoms with Crippen molar-refractivity contribution in [1.82, 2.24) is 0 Å². The molecule has 12 nitrogen and oxygen atoms in total. The number of rotatable bonds is 49. The predicted molar refractivity (Wildman–Crippen MR) is 214 cm³/mol. The molecule has 0 bridgehead atoms. The summed E-state index contributed by atoms with van der Waals surface area (Å²) >= 11 is 0. The second-order valence-electron chi connectivity index (χ2n) is 13.4. The van der Waals surface area contributed by atoms with Crippen molar-refractivity contribution in [2.45, 2.75) is 129 Å². The van der Waals surface area contributed by atoms with E-state index in [0.29, 0.717) is 139 Å². The summed E-state index contributed by atoms with van der Waals surface area (Å²) in [5, 5.41) is 0. The minimum atomic E-state index is -0.129. The Labute approximate surface area is 330 Å². The number of carbonyl (C=O) groups excluding carboxylic acids is 1. The molecule has 0 saturated heterocycles. The quantitative estimate of drug-likeness (QED) is 0.0444. The molecule has 0 heterocycles. The third-order valence-electron chi connectivity index (χ3n) is 8.47. The number of unbranched alkanes of at least 4 members (excludes halogenated alkanes) is 15. The van der Waals surface area contributed by atoms with Gasteiger partial charge in [-0.15, -0.1) is 0 Å². The number of esters is 1. The molecule has 0 saturated carbocycles. The van der Waals surface area contributed by atoms with Crippen molar-refractivity contribution in [1.29, 1.82) is 0 Å². The van der Waals surface area contributed by atoms with Gasteiger partial charge < -0.3 is 52.1 Å². The number of hydrogen-bond donors (Lipinski definition) is 0. The first-order valence-electron chi connectivity index (χ1n) is 21.7. The van der Waals surface area contributed by atoms with Gasteiger partial charge in [0.2, 0.25) is 0 Å². The average Bonchev–Trinajstić information content (AvgIpc) is 3.18. The van der Waals surface area contributed by atoms with Gasteiger partial charge in [-0.1, -0.05) is 110 Å². The summed E-state index contributed by atoms with van der Waals surface area (Å²) in [4.78, 5) is 11.9. The molecule has 0 N–H and O–H groups in total. The minimum Gasteiger partial charge on any atom is -0.463 e. The monoisotopic (exact) mass is 781 g/mol. The van der Waals surface area contributed by atoms with Crippen LogP contribution in [0.3, 0.4) is 0 Å². The van der Waals surface area contributed by atoms with Crippen LogP contribution in [0.1, 0.15) is 129 Å². The van der Waals surface area contributed by atoms with Crippen LogP contribution < -0.4 is 0 Å². The van der Waals surface area contributed by atoms with Gasteiger partial charge in [0.15, 0.2) is 0 Å². The molecule has 0 rings (SSSR count). The van der Waals surface area contributed by atoms with E-state index in [-0.39, 0.29) is 5.97 Å². The minimum absolute atomic E-state index is 0.129. The Morgan fingerprint density at radius 1 is 0.259 bits per heavy atom. The Morgan fingerprint density at radius 2 is 0.481 bits per heavy atom. The fourth-order valence-corrected chi connectivity index (χ4v) is 5.29. The van der Waals surface area contributed by atoms with Crippen molar-refractivity contribution >= 4 is 5.97 Å². The summed E-state index contributed by atoms with van der Waals surface area (Å²) in [6.45, 7) is 15.4. The van der Waals surface area contributed by atoms with Gasteiger partial charge in [0.25, 0.3) is 0 Å². The second kappa shape index (κ2) is 50.1. The van der Waals surface area contributed by atoms with Crippen LogP contribution in [0.5, 0.6) is 0 Å². The number of hydrogen-bond acceptors (Lipinski definition) is 12. The maximum Gasteiger partial charge on any atom is 0.305 e. The summed E-state index contributed by atoms with van der Waals surface area (Å²) in [5.41, 5.74) is 0. The van der Waals surface area contributed by atoms with E-state index >= 15 is 0 Å². The molecule has 0 aliphatic carbocycles. The molecule has 0 aliphatic rings. The second-order valence-corrected chi connectivity index (χ2v) is 13.4. The zero-order valence-electron chi connectivity index (χ0n) is 35.0. The van der Waals surface area contributed by atoms with E-state index in [4.69, 9.17) is 52.1 Å². The van der Waals surface area contributed by atoms with Crippen molar-refractivity contribution < 1.29 is 56.9 Å². The molecule has 0 aromatic carbocycles. The molecule has 0 aromatic rings. The first-order chi connectivity index (χ1) is 26.8. The van der Waals surface area contributed by atoms with Crippen molar-refractivity contribution in [3.05, 3.63) is 0 Å². The van der Waals surface area contributed by atoms with E-state index in [2.05, 4.69) is 13.8 Å². The van der Waals surface area contributed by atoms with E-state index in [1.165, 1.54) is 89.9 Å². The highest BCUT2D eigenvalue weighted by Crippen LogP contribution is 2.13. The molecule has 0 amide bonds. The first-order valence-corrected chi connectivity index (χ1v) is 21.7. The first kappa shape index (κ1) is 53.1. The maximum atomic E-state index is 11.9. The number of ether oxygens (including phenoxy) is 11. The predicted octanol–water partition coefficient (Wildman–Crippen LogP) is 7.76. The highest BCUT2D eigenvalue weighted by molar-refractivity contribution is 5.69. The molecule has 324 valence electrons. The van der Waals surface area contributed by atoms with Gasteiger partial charge in [0, 0.05) is 13.0 Å². The third kappa shape index (κ3) is 49.1. The average molecular weight is 781 g/mol. The van der Waals surface area contributed by atoms with E-state index in [0.717, 1.165) is 25.9 Å². The summed E-state index contributed by atoms with van der Waals surface area (Å²) in [7, 11) is 0. The van der Waals surface area contributed by atoms with Gasteiger partial charge >= 0.3 is 5.97 Å². The summed E-state index contributed by atoms with van der Waals surface area (Å²) in [5.74, 6) is -0.129. The Hall–Kier alpha value is -0.930. The Kier molecular flexibility index (Phi) is 49.2. The summed E-state index contributed by atoms with van der Waals surface area (Å²) in [6, 6.07) is 0. The molecular weight excluding hydrogens is 696 g/mol. The smallest absolute Gasteiger partial charge is 0.305 e. The standard InChI is InChI=1S/C42H84O12/c1-3-5-7-9-10-11-12-13-14-15-16-17-18-20-42(43)54-41-40-53-39-38-52-37-36-51-35-34-50-33-32-49-31-30-48-29-28-47-27-26-46-25-24-45-23-22-44-21-19-8-6-4-2/h3-41H2,1-2H3. The summed E-state index contributed by atoms with van der Waals surface area (Å²) < 4.78 is 60.3. The molecule has 0 spiro atoms. The van der Waals surface area contributed by atoms with Crippen LogP contribution in [0.4, 0.5) is 0 Å². The van der Waals surface area contributed by atoms with E-state index < -0.39 is 0 Å². The fraction of sp³-hybridized carbons (Fsp3) is 0.976. The zero-order valence-corrected chi connectivity index (χ0v) is 35.0. The van der Waals surface area contributed by atoms with Gasteiger partial charge in [0.05, 0.1) is 126 Å². The topological polar surface area (TPSA) is 119 Å². The van der Waals surface area contributed by atoms with Gasteiger partial charge in [-0.2, -0.15) is 0 Å². The highest BCUT2D eigenvalue weighted by atomic mass is 16.6. The van der Waals surface area contributed by atoms with Gasteiger partial charge in [0.1, 0.15) is 6.61 Å². The highest BCUT2D eigenvalue weighted by Gasteiger charge is 2.03. The van der Waals surface area contributed by atoms with Gasteiger partial charge in [-0.05, 0) is 12.8 Å². The number of carbonyl (C=O) groups is 1. The summed E-state index contributed by atoms with van der Waals surface area (Å²) in [6.07, 6.45) is 22.2. The molecular formula is C42H84O12. The van der Waals surface area contributed by atoms with E-state index in [1.54, 1.807) is 0 Å². The van der Waals surface area contributed by atoms with Crippen molar-refractivity contribution in [3.8, 4) is 0 Å². The van der Waals surface area contributed by atoms with Crippen LogP contribution in [0.25, 0.3) is 0 Å². The van der Waals surface area contributed by atoms with E-state index in [1.807, 2.05) is 0 Å².